The molecular weight excluding hydrogens is 877 g/mol. The summed E-state index contributed by atoms with van der Waals surface area (Å²) in [4.78, 5) is -3.49. The first-order valence-electron chi connectivity index (χ1n) is 16.2. The molecule has 0 saturated carbocycles. The minimum atomic E-state index is -5.12. The molecule has 6 aromatic carbocycles. The van der Waals surface area contributed by atoms with Gasteiger partial charge in [-0.15, -0.1) is 20.5 Å². The summed E-state index contributed by atoms with van der Waals surface area (Å²) in [7, 11) is -16.6. The number of rotatable bonds is 11. The first-order chi connectivity index (χ1) is 27.9. The highest BCUT2D eigenvalue weighted by molar-refractivity contribution is 8.20. The van der Waals surface area contributed by atoms with E-state index in [2.05, 4.69) is 20.5 Å². The van der Waals surface area contributed by atoms with Crippen molar-refractivity contribution in [1.29, 1.82) is 0 Å². The van der Waals surface area contributed by atoms with E-state index in [4.69, 9.17) is 20.9 Å². The van der Waals surface area contributed by atoms with Gasteiger partial charge in [0.25, 0.3) is 20.2 Å². The molecule has 22 nitrogen and oxygen atoms in total. The van der Waals surface area contributed by atoms with Gasteiger partial charge in [-0.3, -0.25) is 9.11 Å². The Morgan fingerprint density at radius 2 is 0.817 bits per heavy atom. The van der Waals surface area contributed by atoms with Crippen molar-refractivity contribution < 1.29 is 72.9 Å². The molecule has 0 fully saturated rings. The van der Waals surface area contributed by atoms with Gasteiger partial charge in [-0.1, -0.05) is 24.3 Å². The van der Waals surface area contributed by atoms with E-state index in [1.165, 1.54) is 38.5 Å². The van der Waals surface area contributed by atoms with Crippen molar-refractivity contribution in [2.75, 3.05) is 25.7 Å². The maximum atomic E-state index is 12.0. The Bertz CT molecular complexity index is 3040. The topological polar surface area (TPSA) is 391 Å². The number of nitrogens with zero attached hydrogens (tertiary/aromatic N) is 4. The minimum Gasteiger partial charge on any atom is -0.505 e. The first-order valence-corrected chi connectivity index (χ1v) is 22.1. The number of phenols is 2. The van der Waals surface area contributed by atoms with E-state index in [-0.39, 0.29) is 45.0 Å². The van der Waals surface area contributed by atoms with Crippen molar-refractivity contribution in [2.45, 2.75) is 19.6 Å². The molecule has 26 heteroatoms. The molecule has 0 spiro atoms. The first kappa shape index (κ1) is 43.7. The van der Waals surface area contributed by atoms with Crippen LogP contribution in [0, 0.1) is 0 Å². The Kier molecular flexibility index (Phi) is 11.4. The standard InChI is InChI=1S/C34H32N6O16S4/c1-55-23-11-15(3-7-19(23)37-39-21-9-5-17-25(57(43,44)45)13-27(59(49,50)51)31(35)29(17)33(21)41)16-4-8-20(24(12-16)56-2)38-40-22-10-6-18-26(58(46,47)48)14-28(60(52,53)54)32(36)30(18)34(22)42/h3-14,41-45,49-51H,35-36H2,1-2H3,(H,46,47,48)(H,52,53,54). The van der Waals surface area contributed by atoms with E-state index in [1.807, 2.05) is 0 Å². The van der Waals surface area contributed by atoms with Crippen LogP contribution in [-0.4, -0.2) is 77.7 Å². The molecule has 0 atom stereocenters. The largest absolute Gasteiger partial charge is 0.505 e. The zero-order valence-electron chi connectivity index (χ0n) is 30.4. The van der Waals surface area contributed by atoms with E-state index in [0.29, 0.717) is 23.3 Å². The number of ether oxygens (including phenoxy) is 2. The normalized spacial score (nSPS) is 13.4. The maximum absolute atomic E-state index is 12.0. The van der Waals surface area contributed by atoms with E-state index < -0.39 is 95.2 Å². The number of hydrogen-bond acceptors (Lipinski definition) is 20. The van der Waals surface area contributed by atoms with Crippen molar-refractivity contribution in [3.8, 4) is 34.1 Å². The second-order valence-electron chi connectivity index (χ2n) is 12.4. The average Bonchev–Trinajstić information content (AvgIpc) is 3.15. The summed E-state index contributed by atoms with van der Waals surface area (Å²) in [6.07, 6.45) is 0. The molecule has 14 N–H and O–H groups in total. The Hall–Kier alpha value is -5.88. The number of azo groups is 2. The lowest BCUT2D eigenvalue weighted by atomic mass is 10.0. The number of nitrogen functional groups attached to an aromatic ring is 2. The molecule has 0 aliphatic heterocycles. The van der Waals surface area contributed by atoms with Crippen LogP contribution in [-0.2, 0) is 20.2 Å². The van der Waals surface area contributed by atoms with Crippen molar-refractivity contribution >= 4 is 97.6 Å². The molecule has 0 bridgehead atoms. The minimum absolute atomic E-state index is 0.125. The van der Waals surface area contributed by atoms with Gasteiger partial charge in [-0.2, -0.15) is 16.8 Å². The lowest BCUT2D eigenvalue weighted by molar-refractivity contribution is 0.374. The number of aromatic hydroxyl groups is 2. The van der Waals surface area contributed by atoms with Crippen molar-refractivity contribution in [3.05, 3.63) is 72.8 Å². The summed E-state index contributed by atoms with van der Waals surface area (Å²) in [5, 5.41) is 36.8. The van der Waals surface area contributed by atoms with Crippen LogP contribution >= 0.6 is 21.7 Å². The quantitative estimate of drug-likeness (QED) is 0.0328. The Balaban J connectivity index is 1.33. The fraction of sp³-hybridized carbons (Fsp3) is 0.0588. The van der Waals surface area contributed by atoms with Gasteiger partial charge >= 0.3 is 0 Å². The summed E-state index contributed by atoms with van der Waals surface area (Å²) in [5.74, 6) is -1.19. The monoisotopic (exact) mass is 908 g/mol. The van der Waals surface area contributed by atoms with Crippen molar-refractivity contribution in [1.82, 2.24) is 0 Å². The Labute approximate surface area is 341 Å². The van der Waals surface area contributed by atoms with Gasteiger partial charge in [0.2, 0.25) is 0 Å². The third-order valence-corrected chi connectivity index (χ3v) is 12.5. The smallest absolute Gasteiger partial charge is 0.296 e. The van der Waals surface area contributed by atoms with Crippen LogP contribution < -0.4 is 20.9 Å². The predicted octanol–water partition coefficient (Wildman–Crippen LogP) is 8.74. The number of anilines is 2. The molecule has 0 unspecified atom stereocenters. The molecule has 0 amide bonds. The maximum Gasteiger partial charge on any atom is 0.296 e. The van der Waals surface area contributed by atoms with Crippen LogP contribution in [0.3, 0.4) is 0 Å². The lowest BCUT2D eigenvalue weighted by Crippen LogP contribution is -2.08. The molecule has 0 saturated heterocycles. The van der Waals surface area contributed by atoms with Crippen LogP contribution in [0.1, 0.15) is 0 Å². The molecule has 0 heterocycles. The van der Waals surface area contributed by atoms with E-state index in [1.54, 1.807) is 24.3 Å². The van der Waals surface area contributed by atoms with E-state index in [0.717, 1.165) is 12.1 Å². The van der Waals surface area contributed by atoms with Gasteiger partial charge in [-0.25, -0.2) is 0 Å². The van der Waals surface area contributed by atoms with Crippen LogP contribution in [0.15, 0.2) is 113 Å². The fourth-order valence-corrected chi connectivity index (χ4v) is 8.97. The third-order valence-electron chi connectivity index (χ3n) is 8.81. The number of nitrogens with two attached hydrogens (primary N) is 2. The molecular formula is C34H32N6O16S4. The van der Waals surface area contributed by atoms with Gasteiger partial charge in [0.1, 0.15) is 65.8 Å². The second kappa shape index (κ2) is 15.6. The molecule has 6 aromatic rings. The number of hydrogen-bond donors (Lipinski definition) is 12. The van der Waals surface area contributed by atoms with E-state index in [9.17, 15) is 63.5 Å². The van der Waals surface area contributed by atoms with Gasteiger partial charge in [0.15, 0.2) is 11.5 Å². The zero-order valence-corrected chi connectivity index (χ0v) is 33.7. The molecule has 6 rings (SSSR count). The third kappa shape index (κ3) is 8.30. The number of phenolic OH excluding ortho intramolecular Hbond substituents is 2. The van der Waals surface area contributed by atoms with Crippen LogP contribution in [0.2, 0.25) is 0 Å². The summed E-state index contributed by atoms with van der Waals surface area (Å²) in [6.45, 7) is 0. The van der Waals surface area contributed by atoms with Crippen LogP contribution in [0.25, 0.3) is 32.7 Å². The van der Waals surface area contributed by atoms with Crippen molar-refractivity contribution in [3.63, 3.8) is 0 Å². The molecule has 0 aromatic heterocycles. The van der Waals surface area contributed by atoms with E-state index >= 15 is 0 Å². The molecule has 60 heavy (non-hydrogen) atoms. The summed E-state index contributed by atoms with van der Waals surface area (Å²) >= 11 is 0. The van der Waals surface area contributed by atoms with Crippen molar-refractivity contribution in [2.24, 2.45) is 20.5 Å². The van der Waals surface area contributed by atoms with Crippen LogP contribution in [0.5, 0.6) is 23.0 Å². The molecule has 0 aliphatic carbocycles. The van der Waals surface area contributed by atoms with Crippen LogP contribution in [0.4, 0.5) is 34.1 Å². The SMILES string of the molecule is COc1cc(-c2ccc(N=Nc3ccc4c(S(=O)(=O)O)cc(S(=O)(=O)O)c(N)c4c3O)c(OC)c2)ccc1N=Nc1ccc2c(S(O)(O)O)cc(S(O)(O)O)c(N)c2c1O. The number of benzene rings is 6. The molecule has 0 radical (unpaired) electrons. The second-order valence-corrected chi connectivity index (χ2v) is 18.2. The fourth-order valence-electron chi connectivity index (χ4n) is 6.05. The zero-order chi connectivity index (χ0) is 44.3. The highest BCUT2D eigenvalue weighted by Gasteiger charge is 2.30. The van der Waals surface area contributed by atoms with Gasteiger partial charge in [0, 0.05) is 10.8 Å². The number of methoxy groups -OCH3 is 2. The molecule has 318 valence electrons. The average molecular weight is 909 g/mol. The lowest BCUT2D eigenvalue weighted by Gasteiger charge is -2.27. The molecule has 0 aliphatic rings. The van der Waals surface area contributed by atoms with Gasteiger partial charge in [-0.05, 0) is 59.7 Å². The Morgan fingerprint density at radius 1 is 0.467 bits per heavy atom. The predicted molar refractivity (Wildman–Crippen MR) is 221 cm³/mol. The Morgan fingerprint density at radius 3 is 1.20 bits per heavy atom. The van der Waals surface area contributed by atoms with Gasteiger partial charge < -0.3 is 58.5 Å². The summed E-state index contributed by atoms with van der Waals surface area (Å²) < 4.78 is 138. The highest BCUT2D eigenvalue weighted by Crippen LogP contribution is 2.58. The highest BCUT2D eigenvalue weighted by atomic mass is 32.3. The summed E-state index contributed by atoms with van der Waals surface area (Å²) in [6, 6.07) is 15.2. The van der Waals surface area contributed by atoms with Gasteiger partial charge in [0.05, 0.1) is 46.2 Å². The summed E-state index contributed by atoms with van der Waals surface area (Å²) in [5.41, 5.74) is 11.5. The number of fused-ring (bicyclic) bond motifs is 2.